The summed E-state index contributed by atoms with van der Waals surface area (Å²) < 4.78 is 27.2. The number of hydrogen-bond donors (Lipinski definition) is 1. The van der Waals surface area contributed by atoms with Crippen LogP contribution in [0.15, 0.2) is 29.2 Å². The molecular formula is C17H23N3O4S. The first kappa shape index (κ1) is 17.9. The van der Waals surface area contributed by atoms with E-state index in [4.69, 9.17) is 0 Å². The van der Waals surface area contributed by atoms with Crippen molar-refractivity contribution in [2.45, 2.75) is 24.7 Å². The molecule has 0 bridgehead atoms. The van der Waals surface area contributed by atoms with E-state index in [9.17, 15) is 18.0 Å². The molecule has 0 unspecified atom stereocenters. The van der Waals surface area contributed by atoms with Gasteiger partial charge in [0, 0.05) is 31.7 Å². The normalized spacial score (nSPS) is 22.5. The molecule has 8 heteroatoms. The highest BCUT2D eigenvalue weighted by Gasteiger charge is 2.30. The van der Waals surface area contributed by atoms with Gasteiger partial charge < -0.3 is 10.2 Å². The largest absolute Gasteiger partial charge is 0.353 e. The molecule has 3 rings (SSSR count). The lowest BCUT2D eigenvalue weighted by Gasteiger charge is -2.30. The van der Waals surface area contributed by atoms with Gasteiger partial charge in [-0.1, -0.05) is 13.0 Å². The molecular weight excluding hydrogens is 342 g/mol. The summed E-state index contributed by atoms with van der Waals surface area (Å²) >= 11 is 0. The third kappa shape index (κ3) is 3.85. The van der Waals surface area contributed by atoms with Crippen LogP contribution in [0.1, 0.15) is 30.1 Å². The number of nitrogens with one attached hydrogen (secondary N) is 1. The molecule has 7 nitrogen and oxygen atoms in total. The topological polar surface area (TPSA) is 86.8 Å². The summed E-state index contributed by atoms with van der Waals surface area (Å²) in [5.41, 5.74) is 0.292. The molecule has 0 aromatic heterocycles. The Hall–Kier alpha value is -1.93. The van der Waals surface area contributed by atoms with E-state index in [0.29, 0.717) is 37.7 Å². The molecule has 2 fully saturated rings. The maximum absolute atomic E-state index is 12.9. The summed E-state index contributed by atoms with van der Waals surface area (Å²) in [6.45, 7) is 3.89. The van der Waals surface area contributed by atoms with E-state index in [1.54, 1.807) is 12.1 Å². The van der Waals surface area contributed by atoms with E-state index in [1.807, 2.05) is 6.92 Å². The molecule has 136 valence electrons. The number of hydrogen-bond acceptors (Lipinski definition) is 4. The predicted octanol–water partition coefficient (Wildman–Crippen LogP) is 0.679. The number of piperidine rings is 1. The smallest absolute Gasteiger partial charge is 0.254 e. The van der Waals surface area contributed by atoms with Crippen molar-refractivity contribution in [1.29, 1.82) is 0 Å². The number of benzene rings is 1. The zero-order valence-corrected chi connectivity index (χ0v) is 15.1. The van der Waals surface area contributed by atoms with E-state index in [0.717, 1.165) is 12.8 Å². The van der Waals surface area contributed by atoms with Crippen molar-refractivity contribution in [1.82, 2.24) is 14.5 Å². The highest BCUT2D eigenvalue weighted by atomic mass is 32.2. The number of carbonyl (C=O) groups is 2. The van der Waals surface area contributed by atoms with Crippen LogP contribution in [0.2, 0.25) is 0 Å². The van der Waals surface area contributed by atoms with Crippen LogP contribution in [0.25, 0.3) is 0 Å². The lowest BCUT2D eigenvalue weighted by molar-refractivity contribution is -0.123. The second kappa shape index (κ2) is 7.13. The third-order valence-corrected chi connectivity index (χ3v) is 6.53. The quantitative estimate of drug-likeness (QED) is 0.853. The van der Waals surface area contributed by atoms with Crippen LogP contribution in [0.5, 0.6) is 0 Å². The van der Waals surface area contributed by atoms with Crippen LogP contribution in [0, 0.1) is 5.92 Å². The van der Waals surface area contributed by atoms with E-state index >= 15 is 0 Å². The molecule has 2 saturated heterocycles. The predicted molar refractivity (Wildman–Crippen MR) is 92.5 cm³/mol. The zero-order valence-electron chi connectivity index (χ0n) is 14.3. The molecule has 2 aliphatic heterocycles. The highest BCUT2D eigenvalue weighted by Crippen LogP contribution is 2.24. The average Bonchev–Trinajstić information content (AvgIpc) is 2.61. The van der Waals surface area contributed by atoms with Crippen molar-refractivity contribution in [3.05, 3.63) is 29.8 Å². The summed E-state index contributed by atoms with van der Waals surface area (Å²) in [4.78, 5) is 25.6. The molecule has 2 heterocycles. The fraction of sp³-hybridized carbons (Fsp3) is 0.529. The van der Waals surface area contributed by atoms with Gasteiger partial charge in [0.25, 0.3) is 5.91 Å². The first-order valence-corrected chi connectivity index (χ1v) is 9.98. The van der Waals surface area contributed by atoms with Crippen molar-refractivity contribution in [2.24, 2.45) is 5.92 Å². The summed E-state index contributed by atoms with van der Waals surface area (Å²) in [7, 11) is -3.61. The Bertz CT molecular complexity index is 778. The van der Waals surface area contributed by atoms with Crippen LogP contribution >= 0.6 is 0 Å². The minimum Gasteiger partial charge on any atom is -0.353 e. The SMILES string of the molecule is C[C@H]1CCCN(S(=O)(=O)c2cccc(C(=O)N3CCNC(=O)C3)c2)C1. The van der Waals surface area contributed by atoms with Crippen molar-refractivity contribution in [3.63, 3.8) is 0 Å². The van der Waals surface area contributed by atoms with Gasteiger partial charge in [0.1, 0.15) is 0 Å². The number of carbonyl (C=O) groups excluding carboxylic acids is 2. The van der Waals surface area contributed by atoms with E-state index in [-0.39, 0.29) is 23.3 Å². The first-order chi connectivity index (χ1) is 11.9. The maximum atomic E-state index is 12.9. The maximum Gasteiger partial charge on any atom is 0.254 e. The molecule has 0 saturated carbocycles. The van der Waals surface area contributed by atoms with E-state index in [1.165, 1.54) is 21.3 Å². The Kier molecular flexibility index (Phi) is 5.10. The second-order valence-electron chi connectivity index (χ2n) is 6.71. The molecule has 1 aromatic carbocycles. The van der Waals surface area contributed by atoms with Crippen molar-refractivity contribution in [2.75, 3.05) is 32.7 Å². The Morgan fingerprint density at radius 3 is 2.80 bits per heavy atom. The molecule has 0 spiro atoms. The lowest BCUT2D eigenvalue weighted by Crippen LogP contribution is -2.50. The Morgan fingerprint density at radius 1 is 1.28 bits per heavy atom. The number of sulfonamides is 1. The highest BCUT2D eigenvalue weighted by molar-refractivity contribution is 7.89. The number of nitrogens with zero attached hydrogens (tertiary/aromatic N) is 2. The van der Waals surface area contributed by atoms with Crippen LogP contribution in [-0.2, 0) is 14.8 Å². The molecule has 1 aromatic rings. The summed E-state index contributed by atoms with van der Waals surface area (Å²) in [6, 6.07) is 6.11. The molecule has 0 aliphatic carbocycles. The van der Waals surface area contributed by atoms with Gasteiger partial charge in [-0.15, -0.1) is 0 Å². The first-order valence-electron chi connectivity index (χ1n) is 8.54. The average molecular weight is 365 g/mol. The van der Waals surface area contributed by atoms with Crippen molar-refractivity contribution in [3.8, 4) is 0 Å². The molecule has 2 aliphatic rings. The third-order valence-electron chi connectivity index (χ3n) is 4.66. The number of rotatable bonds is 3. The van der Waals surface area contributed by atoms with E-state index < -0.39 is 10.0 Å². The molecule has 1 atom stereocenters. The molecule has 1 N–H and O–H groups in total. The standard InChI is InChI=1S/C17H23N3O4S/c1-13-4-3-8-20(11-13)25(23,24)15-6-2-5-14(10-15)17(22)19-9-7-18-16(21)12-19/h2,5-6,10,13H,3-4,7-9,11-12H2,1H3,(H,18,21)/t13-/m0/s1. The van der Waals surface area contributed by atoms with Crippen LogP contribution in [0.4, 0.5) is 0 Å². The number of piperazine rings is 1. The van der Waals surface area contributed by atoms with Gasteiger partial charge in [-0.05, 0) is 37.0 Å². The monoisotopic (exact) mass is 365 g/mol. The van der Waals surface area contributed by atoms with Gasteiger partial charge in [-0.3, -0.25) is 9.59 Å². The van der Waals surface area contributed by atoms with Crippen LogP contribution in [-0.4, -0.2) is 62.2 Å². The van der Waals surface area contributed by atoms with Crippen LogP contribution in [0.3, 0.4) is 0 Å². The summed E-state index contributed by atoms with van der Waals surface area (Å²) in [5.74, 6) is -0.190. The minimum absolute atomic E-state index is 0.000545. The van der Waals surface area contributed by atoms with Gasteiger partial charge in [-0.2, -0.15) is 4.31 Å². The Balaban J connectivity index is 1.83. The lowest BCUT2D eigenvalue weighted by atomic mass is 10.0. The molecule has 0 radical (unpaired) electrons. The van der Waals surface area contributed by atoms with Gasteiger partial charge >= 0.3 is 0 Å². The minimum atomic E-state index is -3.61. The Labute approximate surface area is 148 Å². The molecule has 2 amide bonds. The van der Waals surface area contributed by atoms with Gasteiger partial charge in [0.2, 0.25) is 15.9 Å². The fourth-order valence-corrected chi connectivity index (χ4v) is 4.94. The Morgan fingerprint density at radius 2 is 2.08 bits per heavy atom. The molecule has 25 heavy (non-hydrogen) atoms. The summed E-state index contributed by atoms with van der Waals surface area (Å²) in [5, 5.41) is 2.67. The van der Waals surface area contributed by atoms with Crippen LogP contribution < -0.4 is 5.32 Å². The number of amides is 2. The van der Waals surface area contributed by atoms with E-state index in [2.05, 4.69) is 5.32 Å². The van der Waals surface area contributed by atoms with Crippen molar-refractivity contribution >= 4 is 21.8 Å². The second-order valence-corrected chi connectivity index (χ2v) is 8.65. The van der Waals surface area contributed by atoms with Crippen molar-refractivity contribution < 1.29 is 18.0 Å². The van der Waals surface area contributed by atoms with Gasteiger partial charge in [-0.25, -0.2) is 8.42 Å². The zero-order chi connectivity index (χ0) is 18.0. The summed E-state index contributed by atoms with van der Waals surface area (Å²) in [6.07, 6.45) is 1.88. The fourth-order valence-electron chi connectivity index (χ4n) is 3.30. The van der Waals surface area contributed by atoms with Gasteiger partial charge in [0.15, 0.2) is 0 Å². The van der Waals surface area contributed by atoms with Gasteiger partial charge in [0.05, 0.1) is 11.4 Å².